The monoisotopic (exact) mass is 272 g/mol. The number of aliphatic hydroxyl groups is 1. The number of hydrogen-bond acceptors (Lipinski definition) is 3. The summed E-state index contributed by atoms with van der Waals surface area (Å²) in [5.41, 5.74) is 0.00481. The van der Waals surface area contributed by atoms with Gasteiger partial charge in [-0.05, 0) is 13.0 Å². The van der Waals surface area contributed by atoms with Gasteiger partial charge in [0.15, 0.2) is 0 Å². The number of halogens is 2. The maximum absolute atomic E-state index is 13.4. The summed E-state index contributed by atoms with van der Waals surface area (Å²) >= 11 is 0. The van der Waals surface area contributed by atoms with Crippen LogP contribution in [0, 0.1) is 11.6 Å². The van der Waals surface area contributed by atoms with E-state index in [4.69, 9.17) is 0 Å². The first kappa shape index (κ1) is 15.5. The molecule has 0 saturated carbocycles. The summed E-state index contributed by atoms with van der Waals surface area (Å²) in [7, 11) is 1.67. The van der Waals surface area contributed by atoms with E-state index in [-0.39, 0.29) is 24.6 Å². The largest absolute Gasteiger partial charge is 0.387 e. The third kappa shape index (κ3) is 4.57. The Labute approximate surface area is 111 Å². The number of carbonyl (C=O) groups excluding carboxylic acids is 1. The molecule has 0 bridgehead atoms. The number of rotatable bonds is 6. The number of carbonyl (C=O) groups is 1. The maximum atomic E-state index is 13.4. The zero-order chi connectivity index (χ0) is 14.4. The van der Waals surface area contributed by atoms with Crippen LogP contribution in [-0.4, -0.2) is 42.6 Å². The zero-order valence-electron chi connectivity index (χ0n) is 11.0. The Bertz CT molecular complexity index is 441. The molecule has 106 valence electrons. The van der Waals surface area contributed by atoms with Crippen molar-refractivity contribution < 1.29 is 18.7 Å². The van der Waals surface area contributed by atoms with Gasteiger partial charge in [-0.3, -0.25) is 4.79 Å². The van der Waals surface area contributed by atoms with Crippen LogP contribution in [0.5, 0.6) is 0 Å². The predicted octanol–water partition coefficient (Wildman–Crippen LogP) is 1.07. The summed E-state index contributed by atoms with van der Waals surface area (Å²) in [6.07, 6.45) is -1.12. The van der Waals surface area contributed by atoms with E-state index >= 15 is 0 Å². The van der Waals surface area contributed by atoms with E-state index in [1.807, 2.05) is 6.92 Å². The molecule has 0 saturated heterocycles. The molecule has 0 heterocycles. The van der Waals surface area contributed by atoms with Gasteiger partial charge in [0.1, 0.15) is 11.6 Å². The summed E-state index contributed by atoms with van der Waals surface area (Å²) in [5, 5.41) is 12.5. The van der Waals surface area contributed by atoms with Gasteiger partial charge < -0.3 is 15.3 Å². The fourth-order valence-corrected chi connectivity index (χ4v) is 1.51. The lowest BCUT2D eigenvalue weighted by Gasteiger charge is -2.16. The van der Waals surface area contributed by atoms with E-state index in [2.05, 4.69) is 5.32 Å². The number of benzene rings is 1. The third-order valence-corrected chi connectivity index (χ3v) is 2.84. The molecule has 0 spiro atoms. The second-order valence-corrected chi connectivity index (χ2v) is 4.22. The van der Waals surface area contributed by atoms with Crippen molar-refractivity contribution in [3.05, 3.63) is 35.4 Å². The molecule has 0 aliphatic carbocycles. The number of nitrogens with one attached hydrogen (secondary N) is 1. The van der Waals surface area contributed by atoms with Gasteiger partial charge in [0.25, 0.3) is 0 Å². The van der Waals surface area contributed by atoms with Gasteiger partial charge in [0.05, 0.1) is 12.6 Å². The molecule has 0 fully saturated rings. The molecule has 19 heavy (non-hydrogen) atoms. The Morgan fingerprint density at radius 2 is 2.16 bits per heavy atom. The van der Waals surface area contributed by atoms with Crippen LogP contribution < -0.4 is 5.32 Å². The quantitative estimate of drug-likeness (QED) is 0.814. The van der Waals surface area contributed by atoms with Crippen molar-refractivity contribution in [2.45, 2.75) is 13.0 Å². The van der Waals surface area contributed by atoms with E-state index in [0.717, 1.165) is 6.07 Å². The number of hydrogen-bond donors (Lipinski definition) is 2. The van der Waals surface area contributed by atoms with Crippen molar-refractivity contribution in [2.24, 2.45) is 0 Å². The van der Waals surface area contributed by atoms with Crippen molar-refractivity contribution in [1.82, 2.24) is 10.2 Å². The molecular formula is C13H18F2N2O2. The molecule has 0 radical (unpaired) electrons. The smallest absolute Gasteiger partial charge is 0.236 e. The molecule has 6 heteroatoms. The minimum absolute atomic E-state index is 0.00481. The molecular weight excluding hydrogens is 254 g/mol. The molecule has 4 nitrogen and oxygen atoms in total. The Morgan fingerprint density at radius 1 is 1.47 bits per heavy atom. The lowest BCUT2D eigenvalue weighted by Crippen LogP contribution is -2.36. The van der Waals surface area contributed by atoms with Crippen LogP contribution in [0.1, 0.15) is 18.6 Å². The highest BCUT2D eigenvalue weighted by Crippen LogP contribution is 2.17. The van der Waals surface area contributed by atoms with Crippen molar-refractivity contribution >= 4 is 5.91 Å². The Morgan fingerprint density at radius 3 is 2.74 bits per heavy atom. The van der Waals surface area contributed by atoms with Crippen molar-refractivity contribution in [2.75, 3.05) is 26.7 Å². The molecule has 1 amide bonds. The Hall–Kier alpha value is -1.53. The van der Waals surface area contributed by atoms with Crippen LogP contribution in [0.3, 0.4) is 0 Å². The van der Waals surface area contributed by atoms with Crippen LogP contribution >= 0.6 is 0 Å². The van der Waals surface area contributed by atoms with Crippen molar-refractivity contribution in [3.63, 3.8) is 0 Å². The molecule has 1 atom stereocenters. The van der Waals surface area contributed by atoms with Gasteiger partial charge in [-0.25, -0.2) is 8.78 Å². The first-order valence-corrected chi connectivity index (χ1v) is 6.03. The fraction of sp³-hybridized carbons (Fsp3) is 0.462. The van der Waals surface area contributed by atoms with Crippen LogP contribution in [0.2, 0.25) is 0 Å². The first-order valence-electron chi connectivity index (χ1n) is 6.03. The highest BCUT2D eigenvalue weighted by Gasteiger charge is 2.14. The Balaban J connectivity index is 2.47. The molecule has 0 aliphatic heterocycles. The summed E-state index contributed by atoms with van der Waals surface area (Å²) in [4.78, 5) is 13.0. The molecule has 0 aromatic heterocycles. The first-order chi connectivity index (χ1) is 8.95. The van der Waals surface area contributed by atoms with E-state index in [0.29, 0.717) is 12.6 Å². The van der Waals surface area contributed by atoms with Gasteiger partial charge in [-0.1, -0.05) is 6.07 Å². The predicted molar refractivity (Wildman–Crippen MR) is 67.5 cm³/mol. The number of nitrogens with zero attached hydrogens (tertiary/aromatic N) is 1. The summed E-state index contributed by atoms with van der Waals surface area (Å²) in [5.74, 6) is -1.61. The van der Waals surface area contributed by atoms with Crippen LogP contribution in [0.25, 0.3) is 0 Å². The van der Waals surface area contributed by atoms with Gasteiger partial charge >= 0.3 is 0 Å². The van der Waals surface area contributed by atoms with Crippen LogP contribution in [0.4, 0.5) is 8.78 Å². The van der Waals surface area contributed by atoms with Gasteiger partial charge in [-0.2, -0.15) is 0 Å². The second-order valence-electron chi connectivity index (χ2n) is 4.22. The number of amides is 1. The molecule has 1 rings (SSSR count). The van der Waals surface area contributed by atoms with E-state index in [1.165, 1.54) is 11.0 Å². The van der Waals surface area contributed by atoms with E-state index in [1.54, 1.807) is 7.05 Å². The Kier molecular flexibility index (Phi) is 5.85. The number of likely N-dealkylation sites (N-methyl/N-ethyl adjacent to an activating group) is 1. The lowest BCUT2D eigenvalue weighted by molar-refractivity contribution is -0.128. The molecule has 1 unspecified atom stereocenters. The second kappa shape index (κ2) is 7.16. The average Bonchev–Trinajstić information content (AvgIpc) is 2.37. The number of aliphatic hydroxyl groups excluding tert-OH is 1. The van der Waals surface area contributed by atoms with Crippen molar-refractivity contribution in [3.8, 4) is 0 Å². The third-order valence-electron chi connectivity index (χ3n) is 2.84. The summed E-state index contributed by atoms with van der Waals surface area (Å²) in [6.45, 7) is 2.52. The zero-order valence-corrected chi connectivity index (χ0v) is 11.0. The van der Waals surface area contributed by atoms with E-state index < -0.39 is 17.7 Å². The molecule has 0 aliphatic rings. The van der Waals surface area contributed by atoms with Crippen LogP contribution in [0.15, 0.2) is 18.2 Å². The standard InChI is InChI=1S/C13H18F2N2O2/c1-3-17(2)13(19)8-16-7-12(18)10-5-4-9(14)6-11(10)15/h4-6,12,16,18H,3,7-8H2,1-2H3. The van der Waals surface area contributed by atoms with Gasteiger partial charge in [0, 0.05) is 31.8 Å². The average molecular weight is 272 g/mol. The SMILES string of the molecule is CCN(C)C(=O)CNCC(O)c1ccc(F)cc1F. The molecule has 2 N–H and O–H groups in total. The lowest BCUT2D eigenvalue weighted by atomic mass is 10.1. The minimum Gasteiger partial charge on any atom is -0.387 e. The highest BCUT2D eigenvalue weighted by molar-refractivity contribution is 5.77. The van der Waals surface area contributed by atoms with Gasteiger partial charge in [-0.15, -0.1) is 0 Å². The molecule has 1 aromatic rings. The molecule has 1 aromatic carbocycles. The normalized spacial score (nSPS) is 12.3. The summed E-state index contributed by atoms with van der Waals surface area (Å²) in [6, 6.07) is 2.99. The maximum Gasteiger partial charge on any atom is 0.236 e. The van der Waals surface area contributed by atoms with Crippen molar-refractivity contribution in [1.29, 1.82) is 0 Å². The topological polar surface area (TPSA) is 52.6 Å². The minimum atomic E-state index is -1.12. The van der Waals surface area contributed by atoms with Gasteiger partial charge in [0.2, 0.25) is 5.91 Å². The summed E-state index contributed by atoms with van der Waals surface area (Å²) < 4.78 is 26.1. The highest BCUT2D eigenvalue weighted by atomic mass is 19.1. The van der Waals surface area contributed by atoms with E-state index in [9.17, 15) is 18.7 Å². The van der Waals surface area contributed by atoms with Crippen LogP contribution in [-0.2, 0) is 4.79 Å². The fourth-order valence-electron chi connectivity index (χ4n) is 1.51.